The molecule has 2 aromatic rings. The van der Waals surface area contributed by atoms with Crippen molar-refractivity contribution in [3.63, 3.8) is 0 Å². The molecule has 1 aliphatic heterocycles. The monoisotopic (exact) mass is 425 g/mol. The Morgan fingerprint density at radius 1 is 1.06 bits per heavy atom. The molecule has 0 unspecified atom stereocenters. The third kappa shape index (κ3) is 5.98. The molecule has 1 fully saturated rings. The normalized spacial score (nSPS) is 14.2. The van der Waals surface area contributed by atoms with Crippen LogP contribution in [0.5, 0.6) is 5.75 Å². The van der Waals surface area contributed by atoms with Gasteiger partial charge in [0, 0.05) is 43.7 Å². The van der Waals surface area contributed by atoms with Crippen molar-refractivity contribution in [2.45, 2.75) is 19.8 Å². The third-order valence-electron chi connectivity index (χ3n) is 5.55. The molecule has 2 amide bonds. The molecule has 7 nitrogen and oxygen atoms in total. The molecular formula is C24H31N3O4. The van der Waals surface area contributed by atoms with Gasteiger partial charge in [-0.3, -0.25) is 9.59 Å². The molecular weight excluding hydrogens is 394 g/mol. The van der Waals surface area contributed by atoms with E-state index in [4.69, 9.17) is 9.47 Å². The van der Waals surface area contributed by atoms with Gasteiger partial charge in [0.25, 0.3) is 11.8 Å². The zero-order chi connectivity index (χ0) is 22.2. The minimum atomic E-state index is -0.260. The number of carbonyl (C=O) groups is 2. The Morgan fingerprint density at radius 2 is 1.84 bits per heavy atom. The van der Waals surface area contributed by atoms with Crippen LogP contribution in [0.4, 0.5) is 11.4 Å². The lowest BCUT2D eigenvalue weighted by atomic mass is 9.97. The van der Waals surface area contributed by atoms with Gasteiger partial charge in [0.1, 0.15) is 5.75 Å². The van der Waals surface area contributed by atoms with Crippen molar-refractivity contribution in [1.29, 1.82) is 0 Å². The van der Waals surface area contributed by atoms with Crippen molar-refractivity contribution >= 4 is 23.2 Å². The van der Waals surface area contributed by atoms with Gasteiger partial charge in [0.05, 0.1) is 19.3 Å². The van der Waals surface area contributed by atoms with E-state index in [0.717, 1.165) is 31.6 Å². The molecule has 2 N–H and O–H groups in total. The number of hydrogen-bond acceptors (Lipinski definition) is 5. The highest BCUT2D eigenvalue weighted by molar-refractivity contribution is 6.06. The van der Waals surface area contributed by atoms with Gasteiger partial charge >= 0.3 is 0 Å². The first-order chi connectivity index (χ1) is 15.0. The number of ether oxygens (including phenoxy) is 2. The second-order valence-electron chi connectivity index (χ2n) is 7.84. The Balaban J connectivity index is 1.83. The zero-order valence-electron chi connectivity index (χ0n) is 18.4. The summed E-state index contributed by atoms with van der Waals surface area (Å²) in [5, 5.41) is 5.79. The predicted octanol–water partition coefficient (Wildman–Crippen LogP) is 3.56. The Labute approximate surface area is 183 Å². The number of benzene rings is 2. The van der Waals surface area contributed by atoms with Crippen LogP contribution in [0.15, 0.2) is 42.5 Å². The Bertz CT molecular complexity index is 907. The molecule has 3 rings (SSSR count). The van der Waals surface area contributed by atoms with Gasteiger partial charge in [-0.15, -0.1) is 0 Å². The van der Waals surface area contributed by atoms with E-state index in [9.17, 15) is 9.59 Å². The van der Waals surface area contributed by atoms with Crippen molar-refractivity contribution in [1.82, 2.24) is 5.32 Å². The molecule has 2 aromatic carbocycles. The first-order valence-electron chi connectivity index (χ1n) is 10.6. The maximum absolute atomic E-state index is 12.9. The molecule has 7 heteroatoms. The number of hydrogen-bond donors (Lipinski definition) is 2. The van der Waals surface area contributed by atoms with E-state index in [1.807, 2.05) is 12.1 Å². The number of carbonyl (C=O) groups excluding carboxylic acids is 2. The molecule has 0 radical (unpaired) electrons. The molecule has 1 heterocycles. The van der Waals surface area contributed by atoms with Crippen molar-refractivity contribution in [2.24, 2.45) is 5.92 Å². The maximum Gasteiger partial charge on any atom is 0.255 e. The summed E-state index contributed by atoms with van der Waals surface area (Å²) in [7, 11) is 3.16. The summed E-state index contributed by atoms with van der Waals surface area (Å²) < 4.78 is 10.2. The van der Waals surface area contributed by atoms with Gasteiger partial charge in [-0.1, -0.05) is 13.0 Å². The van der Waals surface area contributed by atoms with Crippen LogP contribution in [0.25, 0.3) is 0 Å². The second kappa shape index (κ2) is 10.8. The van der Waals surface area contributed by atoms with Crippen LogP contribution in [0.2, 0.25) is 0 Å². The molecule has 1 saturated heterocycles. The van der Waals surface area contributed by atoms with Crippen LogP contribution < -0.4 is 20.3 Å². The summed E-state index contributed by atoms with van der Waals surface area (Å²) in [6, 6.07) is 12.5. The maximum atomic E-state index is 12.9. The van der Waals surface area contributed by atoms with Crippen molar-refractivity contribution in [3.8, 4) is 5.75 Å². The van der Waals surface area contributed by atoms with E-state index >= 15 is 0 Å². The fourth-order valence-electron chi connectivity index (χ4n) is 3.65. The summed E-state index contributed by atoms with van der Waals surface area (Å²) in [6.07, 6.45) is 2.19. The second-order valence-corrected chi connectivity index (χ2v) is 7.84. The van der Waals surface area contributed by atoms with Crippen LogP contribution in [0.1, 0.15) is 40.5 Å². The van der Waals surface area contributed by atoms with E-state index < -0.39 is 0 Å². The third-order valence-corrected chi connectivity index (χ3v) is 5.55. The van der Waals surface area contributed by atoms with E-state index in [2.05, 4.69) is 22.5 Å². The molecule has 0 aromatic heterocycles. The number of amides is 2. The summed E-state index contributed by atoms with van der Waals surface area (Å²) in [4.78, 5) is 27.9. The van der Waals surface area contributed by atoms with Gasteiger partial charge in [0.2, 0.25) is 0 Å². The minimum Gasteiger partial charge on any atom is -0.497 e. The summed E-state index contributed by atoms with van der Waals surface area (Å²) >= 11 is 0. The van der Waals surface area contributed by atoms with Gasteiger partial charge in [0.15, 0.2) is 0 Å². The molecule has 1 aliphatic rings. The number of anilines is 2. The van der Waals surface area contributed by atoms with Crippen molar-refractivity contribution in [2.75, 3.05) is 50.7 Å². The predicted molar refractivity (Wildman–Crippen MR) is 122 cm³/mol. The lowest BCUT2D eigenvalue weighted by Gasteiger charge is -2.33. The van der Waals surface area contributed by atoms with Crippen LogP contribution >= 0.6 is 0 Å². The van der Waals surface area contributed by atoms with Gasteiger partial charge in [-0.2, -0.15) is 0 Å². The quantitative estimate of drug-likeness (QED) is 0.632. The number of piperidine rings is 1. The SMILES string of the molecule is COCCNC(=O)c1cc(NC(=O)c2cccc(OC)c2)ccc1N1CCC(C)CC1. The van der Waals surface area contributed by atoms with E-state index in [1.54, 1.807) is 44.6 Å². The largest absolute Gasteiger partial charge is 0.497 e. The number of rotatable bonds is 8. The van der Waals surface area contributed by atoms with Crippen LogP contribution in [0, 0.1) is 5.92 Å². The highest BCUT2D eigenvalue weighted by Crippen LogP contribution is 2.29. The molecule has 0 aliphatic carbocycles. The summed E-state index contributed by atoms with van der Waals surface area (Å²) in [5.41, 5.74) is 2.49. The molecule has 0 saturated carbocycles. The lowest BCUT2D eigenvalue weighted by molar-refractivity contribution is 0.0936. The Kier molecular flexibility index (Phi) is 7.89. The van der Waals surface area contributed by atoms with E-state index in [0.29, 0.717) is 41.6 Å². The van der Waals surface area contributed by atoms with Crippen LogP contribution in [-0.4, -0.2) is 52.3 Å². The lowest BCUT2D eigenvalue weighted by Crippen LogP contribution is -2.35. The topological polar surface area (TPSA) is 79.9 Å². The standard InChI is InChI=1S/C24H31N3O4/c1-17-9-12-27(13-10-17)22-8-7-19(16-21(22)24(29)25-11-14-30-2)26-23(28)18-5-4-6-20(15-18)31-3/h4-8,15-17H,9-14H2,1-3H3,(H,25,29)(H,26,28). The fourth-order valence-corrected chi connectivity index (χ4v) is 3.65. The first-order valence-corrected chi connectivity index (χ1v) is 10.6. The molecule has 0 spiro atoms. The Hall–Kier alpha value is -3.06. The highest BCUT2D eigenvalue weighted by Gasteiger charge is 2.22. The zero-order valence-corrected chi connectivity index (χ0v) is 18.4. The smallest absolute Gasteiger partial charge is 0.255 e. The van der Waals surface area contributed by atoms with Gasteiger partial charge in [-0.05, 0) is 55.2 Å². The molecule has 0 atom stereocenters. The van der Waals surface area contributed by atoms with Gasteiger partial charge < -0.3 is 25.0 Å². The average Bonchev–Trinajstić information content (AvgIpc) is 2.79. The van der Waals surface area contributed by atoms with Crippen LogP contribution in [-0.2, 0) is 4.74 Å². The van der Waals surface area contributed by atoms with E-state index in [-0.39, 0.29) is 11.8 Å². The van der Waals surface area contributed by atoms with E-state index in [1.165, 1.54) is 0 Å². The Morgan fingerprint density at radius 3 is 2.55 bits per heavy atom. The van der Waals surface area contributed by atoms with Crippen molar-refractivity contribution < 1.29 is 19.1 Å². The molecule has 166 valence electrons. The van der Waals surface area contributed by atoms with Gasteiger partial charge in [-0.25, -0.2) is 0 Å². The van der Waals surface area contributed by atoms with Crippen LogP contribution in [0.3, 0.4) is 0 Å². The fraction of sp³-hybridized carbons (Fsp3) is 0.417. The first kappa shape index (κ1) is 22.6. The number of nitrogens with zero attached hydrogens (tertiary/aromatic N) is 1. The van der Waals surface area contributed by atoms with Crippen molar-refractivity contribution in [3.05, 3.63) is 53.6 Å². The average molecular weight is 426 g/mol. The summed E-state index contributed by atoms with van der Waals surface area (Å²) in [6.45, 7) is 4.94. The number of methoxy groups -OCH3 is 2. The minimum absolute atomic E-state index is 0.178. The number of nitrogens with one attached hydrogen (secondary N) is 2. The molecule has 31 heavy (non-hydrogen) atoms. The summed E-state index contributed by atoms with van der Waals surface area (Å²) in [5.74, 6) is 0.865. The molecule has 0 bridgehead atoms. The highest BCUT2D eigenvalue weighted by atomic mass is 16.5.